The minimum Gasteiger partial charge on any atom is -0.341 e. The van der Waals surface area contributed by atoms with Crippen molar-refractivity contribution < 1.29 is 4.79 Å². The molecule has 1 aromatic carbocycles. The smallest absolute Gasteiger partial charge is 0.227 e. The Labute approximate surface area is 117 Å². The van der Waals surface area contributed by atoms with E-state index in [-0.39, 0.29) is 24.4 Å². The summed E-state index contributed by atoms with van der Waals surface area (Å²) in [6.07, 6.45) is 0.425. The number of carbonyl (C=O) groups excluding carboxylic acids is 1. The fourth-order valence-electron chi connectivity index (χ4n) is 1.31. The second-order valence-electron chi connectivity index (χ2n) is 3.89. The van der Waals surface area contributed by atoms with Crippen molar-refractivity contribution >= 4 is 34.2 Å². The predicted molar refractivity (Wildman–Crippen MR) is 76.4 cm³/mol. The second-order valence-corrected chi connectivity index (χ2v) is 4.81. The van der Waals surface area contributed by atoms with Crippen molar-refractivity contribution in [2.24, 2.45) is 5.73 Å². The average molecular weight is 322 g/mol. The summed E-state index contributed by atoms with van der Waals surface area (Å²) in [5.41, 5.74) is 6.54. The van der Waals surface area contributed by atoms with E-state index in [0.717, 1.165) is 10.0 Å². The molecule has 1 unspecified atom stereocenters. The summed E-state index contributed by atoms with van der Waals surface area (Å²) in [6.45, 7) is 2.43. The molecule has 0 heterocycles. The van der Waals surface area contributed by atoms with Crippen LogP contribution in [0.3, 0.4) is 0 Å². The highest BCUT2D eigenvalue weighted by molar-refractivity contribution is 9.10. The number of nitrogens with zero attached hydrogens (tertiary/aromatic N) is 1. The zero-order chi connectivity index (χ0) is 12.1. The first-order valence-electron chi connectivity index (χ1n) is 5.24. The van der Waals surface area contributed by atoms with Crippen molar-refractivity contribution in [3.05, 3.63) is 34.3 Å². The number of likely N-dealkylation sites (N-methyl/N-ethyl adjacent to an activating group) is 1. The van der Waals surface area contributed by atoms with Crippen LogP contribution >= 0.6 is 28.3 Å². The first-order chi connectivity index (χ1) is 7.54. The van der Waals surface area contributed by atoms with Crippen LogP contribution in [0.2, 0.25) is 0 Å². The predicted octanol–water partition coefficient (Wildman–Crippen LogP) is 2.22. The maximum absolute atomic E-state index is 11.9. The Morgan fingerprint density at radius 3 is 2.41 bits per heavy atom. The molecular weight excluding hydrogens is 304 g/mol. The van der Waals surface area contributed by atoms with E-state index in [4.69, 9.17) is 5.73 Å². The van der Waals surface area contributed by atoms with E-state index in [1.54, 1.807) is 11.9 Å². The van der Waals surface area contributed by atoms with Gasteiger partial charge >= 0.3 is 0 Å². The largest absolute Gasteiger partial charge is 0.341 e. The monoisotopic (exact) mass is 320 g/mol. The van der Waals surface area contributed by atoms with Crippen LogP contribution in [-0.4, -0.2) is 30.4 Å². The summed E-state index contributed by atoms with van der Waals surface area (Å²) >= 11 is 3.36. The lowest BCUT2D eigenvalue weighted by Gasteiger charge is -2.23. The maximum atomic E-state index is 11.9. The summed E-state index contributed by atoms with van der Waals surface area (Å²) in [7, 11) is 1.79. The molecule has 0 bridgehead atoms. The quantitative estimate of drug-likeness (QED) is 0.924. The highest BCUT2D eigenvalue weighted by atomic mass is 79.9. The van der Waals surface area contributed by atoms with E-state index in [0.29, 0.717) is 13.0 Å². The fraction of sp³-hybridized carbons (Fsp3) is 0.417. The molecule has 96 valence electrons. The Balaban J connectivity index is 0.00000256. The average Bonchev–Trinajstić information content (AvgIpc) is 2.30. The molecule has 0 spiro atoms. The second kappa shape index (κ2) is 7.69. The topological polar surface area (TPSA) is 46.3 Å². The van der Waals surface area contributed by atoms with Crippen molar-refractivity contribution in [1.82, 2.24) is 4.90 Å². The third-order valence-electron chi connectivity index (χ3n) is 2.66. The molecule has 0 radical (unpaired) electrons. The normalized spacial score (nSPS) is 11.5. The number of amides is 1. The van der Waals surface area contributed by atoms with Crippen LogP contribution in [0.1, 0.15) is 12.5 Å². The van der Waals surface area contributed by atoms with Crippen LogP contribution in [0.5, 0.6) is 0 Å². The molecule has 0 aliphatic heterocycles. The third-order valence-corrected chi connectivity index (χ3v) is 3.19. The molecule has 0 aliphatic carbocycles. The van der Waals surface area contributed by atoms with E-state index in [2.05, 4.69) is 15.9 Å². The Kier molecular flexibility index (Phi) is 7.43. The van der Waals surface area contributed by atoms with Gasteiger partial charge in [-0.05, 0) is 24.6 Å². The molecule has 3 nitrogen and oxygen atoms in total. The molecule has 0 saturated carbocycles. The Morgan fingerprint density at radius 1 is 1.41 bits per heavy atom. The van der Waals surface area contributed by atoms with Gasteiger partial charge in [0, 0.05) is 24.1 Å². The molecule has 1 aromatic rings. The number of hydrogen-bond acceptors (Lipinski definition) is 2. The number of benzene rings is 1. The van der Waals surface area contributed by atoms with E-state index in [1.165, 1.54) is 0 Å². The minimum atomic E-state index is 0. The van der Waals surface area contributed by atoms with Crippen molar-refractivity contribution in [2.75, 3.05) is 13.6 Å². The third kappa shape index (κ3) is 5.06. The van der Waals surface area contributed by atoms with Gasteiger partial charge < -0.3 is 10.6 Å². The van der Waals surface area contributed by atoms with Crippen LogP contribution in [0, 0.1) is 0 Å². The first-order valence-corrected chi connectivity index (χ1v) is 6.04. The Hall–Kier alpha value is -0.580. The van der Waals surface area contributed by atoms with Gasteiger partial charge in [0.25, 0.3) is 0 Å². The molecule has 1 atom stereocenters. The van der Waals surface area contributed by atoms with Gasteiger partial charge in [-0.3, -0.25) is 4.79 Å². The van der Waals surface area contributed by atoms with E-state index in [1.807, 2.05) is 31.2 Å². The maximum Gasteiger partial charge on any atom is 0.227 e. The molecule has 0 aromatic heterocycles. The number of carbonyl (C=O) groups is 1. The van der Waals surface area contributed by atoms with Crippen LogP contribution in [0.15, 0.2) is 28.7 Å². The summed E-state index contributed by atoms with van der Waals surface area (Å²) in [4.78, 5) is 13.6. The molecular formula is C12H18BrClN2O. The molecule has 2 N–H and O–H groups in total. The molecule has 1 amide bonds. The highest BCUT2D eigenvalue weighted by Crippen LogP contribution is 2.11. The number of halogens is 2. The molecule has 1 rings (SSSR count). The van der Waals surface area contributed by atoms with Gasteiger partial charge in [0.05, 0.1) is 6.42 Å². The van der Waals surface area contributed by atoms with Crippen LogP contribution in [0.25, 0.3) is 0 Å². The van der Waals surface area contributed by atoms with Gasteiger partial charge in [0.2, 0.25) is 5.91 Å². The van der Waals surface area contributed by atoms with Crippen molar-refractivity contribution in [3.8, 4) is 0 Å². The van der Waals surface area contributed by atoms with Gasteiger partial charge in [-0.1, -0.05) is 28.1 Å². The zero-order valence-corrected chi connectivity index (χ0v) is 12.4. The number of hydrogen-bond donors (Lipinski definition) is 1. The SMILES string of the molecule is CC(CN)N(C)C(=O)Cc1ccc(Br)cc1.Cl. The van der Waals surface area contributed by atoms with Gasteiger partial charge in [0.15, 0.2) is 0 Å². The van der Waals surface area contributed by atoms with Crippen molar-refractivity contribution in [2.45, 2.75) is 19.4 Å². The van der Waals surface area contributed by atoms with Crippen molar-refractivity contribution in [1.29, 1.82) is 0 Å². The molecule has 17 heavy (non-hydrogen) atoms. The highest BCUT2D eigenvalue weighted by Gasteiger charge is 2.14. The standard InChI is InChI=1S/C12H17BrN2O.ClH/c1-9(8-14)15(2)12(16)7-10-3-5-11(13)6-4-10;/h3-6,9H,7-8,14H2,1-2H3;1H. The lowest BCUT2D eigenvalue weighted by atomic mass is 10.1. The zero-order valence-electron chi connectivity index (χ0n) is 10.0. The van der Waals surface area contributed by atoms with Crippen LogP contribution < -0.4 is 5.73 Å². The van der Waals surface area contributed by atoms with Crippen molar-refractivity contribution in [3.63, 3.8) is 0 Å². The van der Waals surface area contributed by atoms with Gasteiger partial charge in [-0.15, -0.1) is 12.4 Å². The van der Waals surface area contributed by atoms with Gasteiger partial charge in [-0.25, -0.2) is 0 Å². The summed E-state index contributed by atoms with van der Waals surface area (Å²) < 4.78 is 1.02. The summed E-state index contributed by atoms with van der Waals surface area (Å²) in [6, 6.07) is 7.86. The molecule has 0 fully saturated rings. The number of rotatable bonds is 4. The lowest BCUT2D eigenvalue weighted by molar-refractivity contribution is -0.130. The van der Waals surface area contributed by atoms with E-state index >= 15 is 0 Å². The minimum absolute atomic E-state index is 0. The van der Waals surface area contributed by atoms with Crippen LogP contribution in [0.4, 0.5) is 0 Å². The van der Waals surface area contributed by atoms with E-state index in [9.17, 15) is 4.79 Å². The Morgan fingerprint density at radius 2 is 1.94 bits per heavy atom. The summed E-state index contributed by atoms with van der Waals surface area (Å²) in [5.74, 6) is 0.0975. The lowest BCUT2D eigenvalue weighted by Crippen LogP contribution is -2.40. The molecule has 0 aliphatic rings. The molecule has 0 saturated heterocycles. The Bertz CT molecular complexity index is 356. The van der Waals surface area contributed by atoms with E-state index < -0.39 is 0 Å². The number of nitrogens with two attached hydrogens (primary N) is 1. The summed E-state index contributed by atoms with van der Waals surface area (Å²) in [5, 5.41) is 0. The van der Waals surface area contributed by atoms with Gasteiger partial charge in [-0.2, -0.15) is 0 Å². The fourth-order valence-corrected chi connectivity index (χ4v) is 1.57. The molecule has 5 heteroatoms. The first kappa shape index (κ1) is 16.4. The van der Waals surface area contributed by atoms with Gasteiger partial charge in [0.1, 0.15) is 0 Å². The van der Waals surface area contributed by atoms with Crippen LogP contribution in [-0.2, 0) is 11.2 Å².